The molecule has 0 spiro atoms. The van der Waals surface area contributed by atoms with Crippen LogP contribution in [0, 0.1) is 0 Å². The predicted molar refractivity (Wildman–Crippen MR) is 73.3 cm³/mol. The molecule has 0 unspecified atom stereocenters. The molecule has 2 N–H and O–H groups in total. The fourth-order valence-electron chi connectivity index (χ4n) is 1.60. The summed E-state index contributed by atoms with van der Waals surface area (Å²) < 4.78 is 9.64. The predicted octanol–water partition coefficient (Wildman–Crippen LogP) is 1.27. The summed E-state index contributed by atoms with van der Waals surface area (Å²) in [5.41, 5.74) is 0.948. The lowest BCUT2D eigenvalue weighted by molar-refractivity contribution is -0.143. The number of nitrogens with one attached hydrogen (secondary N) is 2. The first-order valence-electron chi connectivity index (χ1n) is 6.68. The van der Waals surface area contributed by atoms with Crippen LogP contribution in [0.3, 0.4) is 0 Å². The van der Waals surface area contributed by atoms with Gasteiger partial charge in [0.15, 0.2) is 5.95 Å². The molecule has 0 atom stereocenters. The number of carbonyl (C=O) groups excluding carboxylic acids is 2. The standard InChI is InChI=1S/C13H21N3O4/c1-3-19-12(18)6-4-5-11-9-15-13(16-11)14-7-8-20-10(2)17/h9H,3-8H2,1-2H3,(H2,14,15,16). The van der Waals surface area contributed by atoms with Gasteiger partial charge in [0.05, 0.1) is 19.3 Å². The molecule has 0 aliphatic carbocycles. The fourth-order valence-corrected chi connectivity index (χ4v) is 1.60. The minimum Gasteiger partial charge on any atom is -0.466 e. The van der Waals surface area contributed by atoms with Crippen LogP contribution in [0.25, 0.3) is 0 Å². The number of aromatic amines is 1. The lowest BCUT2D eigenvalue weighted by Crippen LogP contribution is -2.12. The van der Waals surface area contributed by atoms with Gasteiger partial charge in [-0.3, -0.25) is 9.59 Å². The zero-order chi connectivity index (χ0) is 14.8. The van der Waals surface area contributed by atoms with Crippen molar-refractivity contribution in [2.45, 2.75) is 33.1 Å². The van der Waals surface area contributed by atoms with E-state index in [4.69, 9.17) is 9.47 Å². The fraction of sp³-hybridized carbons (Fsp3) is 0.615. The van der Waals surface area contributed by atoms with Crippen LogP contribution in [-0.2, 0) is 25.5 Å². The number of ether oxygens (including phenoxy) is 2. The van der Waals surface area contributed by atoms with E-state index in [1.807, 2.05) is 0 Å². The van der Waals surface area contributed by atoms with E-state index < -0.39 is 0 Å². The normalized spacial score (nSPS) is 10.1. The van der Waals surface area contributed by atoms with Crippen molar-refractivity contribution in [2.75, 3.05) is 25.1 Å². The number of hydrogen-bond donors (Lipinski definition) is 2. The average Bonchev–Trinajstić information content (AvgIpc) is 2.83. The molecular formula is C13H21N3O4. The highest BCUT2D eigenvalue weighted by Crippen LogP contribution is 2.06. The molecule has 0 saturated heterocycles. The van der Waals surface area contributed by atoms with E-state index in [9.17, 15) is 9.59 Å². The lowest BCUT2D eigenvalue weighted by atomic mass is 10.2. The smallest absolute Gasteiger partial charge is 0.305 e. The molecule has 0 fully saturated rings. The number of aromatic nitrogens is 2. The van der Waals surface area contributed by atoms with Gasteiger partial charge in [0.25, 0.3) is 0 Å². The molecule has 0 aliphatic heterocycles. The summed E-state index contributed by atoms with van der Waals surface area (Å²) in [7, 11) is 0. The summed E-state index contributed by atoms with van der Waals surface area (Å²) in [6.07, 6.45) is 3.58. The molecule has 1 heterocycles. The minimum atomic E-state index is -0.300. The van der Waals surface area contributed by atoms with Gasteiger partial charge in [-0.15, -0.1) is 0 Å². The number of aryl methyl sites for hydroxylation is 1. The van der Waals surface area contributed by atoms with Gasteiger partial charge in [-0.05, 0) is 19.8 Å². The number of carbonyl (C=O) groups is 2. The quantitative estimate of drug-likeness (QED) is 0.523. The molecular weight excluding hydrogens is 262 g/mol. The molecule has 7 nitrogen and oxygen atoms in total. The van der Waals surface area contributed by atoms with E-state index in [0.29, 0.717) is 38.5 Å². The molecule has 7 heteroatoms. The number of esters is 2. The summed E-state index contributed by atoms with van der Waals surface area (Å²) in [6.45, 7) is 4.37. The van der Waals surface area contributed by atoms with Crippen molar-refractivity contribution in [2.24, 2.45) is 0 Å². The molecule has 0 saturated carbocycles. The zero-order valence-corrected chi connectivity index (χ0v) is 11.9. The van der Waals surface area contributed by atoms with Crippen LogP contribution in [0.4, 0.5) is 5.95 Å². The summed E-state index contributed by atoms with van der Waals surface area (Å²) >= 11 is 0. The van der Waals surface area contributed by atoms with E-state index in [0.717, 1.165) is 12.1 Å². The molecule has 0 amide bonds. The number of imidazole rings is 1. The molecule has 20 heavy (non-hydrogen) atoms. The molecule has 112 valence electrons. The van der Waals surface area contributed by atoms with Gasteiger partial charge < -0.3 is 19.8 Å². The van der Waals surface area contributed by atoms with Crippen molar-refractivity contribution in [3.63, 3.8) is 0 Å². The molecule has 0 aromatic carbocycles. The van der Waals surface area contributed by atoms with Gasteiger partial charge >= 0.3 is 11.9 Å². The first kappa shape index (κ1) is 16.0. The zero-order valence-electron chi connectivity index (χ0n) is 11.9. The van der Waals surface area contributed by atoms with Crippen LogP contribution in [0.5, 0.6) is 0 Å². The molecule has 0 bridgehead atoms. The largest absolute Gasteiger partial charge is 0.466 e. The van der Waals surface area contributed by atoms with Crippen LogP contribution in [0.2, 0.25) is 0 Å². The van der Waals surface area contributed by atoms with Crippen molar-refractivity contribution in [3.05, 3.63) is 11.9 Å². The van der Waals surface area contributed by atoms with Gasteiger partial charge in [0, 0.05) is 19.0 Å². The van der Waals surface area contributed by atoms with Gasteiger partial charge in [-0.1, -0.05) is 0 Å². The maximum absolute atomic E-state index is 11.2. The summed E-state index contributed by atoms with van der Waals surface area (Å²) in [5.74, 6) is 0.154. The number of hydrogen-bond acceptors (Lipinski definition) is 6. The highest BCUT2D eigenvalue weighted by molar-refractivity contribution is 5.69. The van der Waals surface area contributed by atoms with Gasteiger partial charge in [-0.25, -0.2) is 4.98 Å². The Labute approximate surface area is 118 Å². The van der Waals surface area contributed by atoms with E-state index in [-0.39, 0.29) is 11.9 Å². The minimum absolute atomic E-state index is 0.174. The van der Waals surface area contributed by atoms with Gasteiger partial charge in [-0.2, -0.15) is 0 Å². The van der Waals surface area contributed by atoms with Crippen LogP contribution >= 0.6 is 0 Å². The van der Waals surface area contributed by atoms with E-state index in [1.54, 1.807) is 13.1 Å². The average molecular weight is 283 g/mol. The first-order chi connectivity index (χ1) is 9.61. The SMILES string of the molecule is CCOC(=O)CCCc1cnc(NCCOC(C)=O)[nH]1. The Bertz CT molecular complexity index is 431. The highest BCUT2D eigenvalue weighted by atomic mass is 16.5. The summed E-state index contributed by atoms with van der Waals surface area (Å²) in [6, 6.07) is 0. The Morgan fingerprint density at radius 2 is 2.20 bits per heavy atom. The number of H-pyrrole nitrogens is 1. The van der Waals surface area contributed by atoms with E-state index >= 15 is 0 Å². The van der Waals surface area contributed by atoms with Crippen molar-refractivity contribution in [3.8, 4) is 0 Å². The number of rotatable bonds is 9. The van der Waals surface area contributed by atoms with Crippen molar-refractivity contribution >= 4 is 17.9 Å². The number of anilines is 1. The van der Waals surface area contributed by atoms with Crippen molar-refractivity contribution < 1.29 is 19.1 Å². The van der Waals surface area contributed by atoms with E-state index in [1.165, 1.54) is 6.92 Å². The Morgan fingerprint density at radius 3 is 2.90 bits per heavy atom. The topological polar surface area (TPSA) is 93.3 Å². The molecule has 0 radical (unpaired) electrons. The highest BCUT2D eigenvalue weighted by Gasteiger charge is 2.04. The maximum Gasteiger partial charge on any atom is 0.305 e. The Morgan fingerprint density at radius 1 is 1.40 bits per heavy atom. The van der Waals surface area contributed by atoms with Crippen molar-refractivity contribution in [1.82, 2.24) is 9.97 Å². The Balaban J connectivity index is 2.19. The Kier molecular flexibility index (Phi) is 7.16. The van der Waals surface area contributed by atoms with E-state index in [2.05, 4.69) is 15.3 Å². The first-order valence-corrected chi connectivity index (χ1v) is 6.68. The molecule has 0 aliphatic rings. The second kappa shape index (κ2) is 8.95. The third-order valence-electron chi connectivity index (χ3n) is 2.46. The second-order valence-electron chi connectivity index (χ2n) is 4.18. The Hall–Kier alpha value is -2.05. The summed E-state index contributed by atoms with van der Waals surface area (Å²) in [4.78, 5) is 29.0. The lowest BCUT2D eigenvalue weighted by Gasteiger charge is -2.03. The molecule has 1 aromatic rings. The van der Waals surface area contributed by atoms with Gasteiger partial charge in [0.1, 0.15) is 6.61 Å². The van der Waals surface area contributed by atoms with Crippen molar-refractivity contribution in [1.29, 1.82) is 0 Å². The van der Waals surface area contributed by atoms with Crippen LogP contribution in [0.15, 0.2) is 6.20 Å². The molecule has 1 rings (SSSR count). The number of nitrogens with zero attached hydrogens (tertiary/aromatic N) is 1. The van der Waals surface area contributed by atoms with Crippen LogP contribution in [-0.4, -0.2) is 41.7 Å². The van der Waals surface area contributed by atoms with Crippen LogP contribution < -0.4 is 5.32 Å². The monoisotopic (exact) mass is 283 g/mol. The maximum atomic E-state index is 11.2. The molecule has 1 aromatic heterocycles. The third-order valence-corrected chi connectivity index (χ3v) is 2.46. The van der Waals surface area contributed by atoms with Crippen LogP contribution in [0.1, 0.15) is 32.4 Å². The second-order valence-corrected chi connectivity index (χ2v) is 4.18. The third kappa shape index (κ3) is 6.77. The summed E-state index contributed by atoms with van der Waals surface area (Å²) in [5, 5.41) is 3.00. The van der Waals surface area contributed by atoms with Gasteiger partial charge in [0.2, 0.25) is 0 Å².